The number of allylic oxidation sites excluding steroid dienone is 2. The molecule has 0 radical (unpaired) electrons. The molecule has 2 amide bonds. The molecule has 1 aliphatic carbocycles. The van der Waals surface area contributed by atoms with Crippen molar-refractivity contribution in [2.24, 2.45) is 5.92 Å². The number of oxazole rings is 1. The Morgan fingerprint density at radius 2 is 1.77 bits per heavy atom. The number of carbonyl (C=O) groups is 2. The normalized spacial score (nSPS) is 16.1. The maximum atomic E-state index is 14.1. The van der Waals surface area contributed by atoms with E-state index in [1.54, 1.807) is 17.1 Å². The molecule has 0 aliphatic heterocycles. The Balaban J connectivity index is 1.55. The minimum atomic E-state index is -4.52. The molecule has 1 aromatic heterocycles. The van der Waals surface area contributed by atoms with Gasteiger partial charge in [-0.1, -0.05) is 38.1 Å². The number of benzene rings is 2. The quantitative estimate of drug-likeness (QED) is 0.175. The molecule has 258 valence electrons. The Bertz CT molecular complexity index is 1580. The minimum Gasteiger partial charge on any atom is -0.445 e. The smallest absolute Gasteiger partial charge is 0.416 e. The molecule has 1 unspecified atom stereocenters. The monoisotopic (exact) mass is 674 g/mol. The molecule has 0 fully saturated rings. The highest BCUT2D eigenvalue weighted by Gasteiger charge is 2.32. The summed E-state index contributed by atoms with van der Waals surface area (Å²) in [7, 11) is 0. The van der Waals surface area contributed by atoms with E-state index in [-0.39, 0.29) is 48.9 Å². The van der Waals surface area contributed by atoms with E-state index in [4.69, 9.17) is 4.42 Å². The number of aliphatic hydroxyl groups excluding tert-OH is 1. The van der Waals surface area contributed by atoms with Crippen LogP contribution in [-0.4, -0.2) is 58.6 Å². The zero-order valence-electron chi connectivity index (χ0n) is 26.7. The summed E-state index contributed by atoms with van der Waals surface area (Å²) in [6, 6.07) is 6.49. The Hall–Kier alpha value is -4.36. The van der Waals surface area contributed by atoms with Gasteiger partial charge < -0.3 is 25.1 Å². The summed E-state index contributed by atoms with van der Waals surface area (Å²) in [4.78, 5) is 33.3. The van der Waals surface area contributed by atoms with Crippen LogP contribution in [0.4, 0.5) is 22.0 Å². The number of nitrogens with zero attached hydrogens (tertiary/aromatic N) is 2. The molecule has 3 N–H and O–H groups in total. The van der Waals surface area contributed by atoms with Crippen LogP contribution in [0, 0.1) is 17.6 Å². The van der Waals surface area contributed by atoms with E-state index in [1.807, 2.05) is 13.8 Å². The second kappa shape index (κ2) is 16.6. The summed E-state index contributed by atoms with van der Waals surface area (Å²) in [5, 5.41) is 16.8. The fraction of sp³-hybridized carbons (Fsp3) is 0.400. The van der Waals surface area contributed by atoms with Crippen molar-refractivity contribution in [3.63, 3.8) is 0 Å². The Morgan fingerprint density at radius 3 is 2.40 bits per heavy atom. The first-order valence-electron chi connectivity index (χ1n) is 15.8. The first kappa shape index (κ1) is 36.5. The van der Waals surface area contributed by atoms with Crippen LogP contribution in [0.5, 0.6) is 0 Å². The number of aromatic nitrogens is 1. The van der Waals surface area contributed by atoms with Crippen molar-refractivity contribution in [2.45, 2.75) is 64.4 Å². The van der Waals surface area contributed by atoms with Gasteiger partial charge >= 0.3 is 6.18 Å². The summed E-state index contributed by atoms with van der Waals surface area (Å²) in [5.41, 5.74) is 0.296. The van der Waals surface area contributed by atoms with E-state index in [2.05, 4.69) is 15.6 Å². The molecule has 3 aromatic rings. The lowest BCUT2D eigenvalue weighted by atomic mass is 9.88. The first-order chi connectivity index (χ1) is 22.9. The van der Waals surface area contributed by atoms with Crippen molar-refractivity contribution >= 4 is 17.4 Å². The van der Waals surface area contributed by atoms with Gasteiger partial charge in [0.1, 0.15) is 17.9 Å². The van der Waals surface area contributed by atoms with E-state index < -0.39 is 47.3 Å². The Morgan fingerprint density at radius 1 is 1.06 bits per heavy atom. The number of carbonyl (C=O) groups excluding carboxylic acids is 2. The fourth-order valence-corrected chi connectivity index (χ4v) is 5.62. The number of hydrogen-bond donors (Lipinski definition) is 3. The molecule has 8 nitrogen and oxygen atoms in total. The molecule has 3 atom stereocenters. The van der Waals surface area contributed by atoms with Crippen LogP contribution >= 0.6 is 0 Å². The second-order valence-electron chi connectivity index (χ2n) is 11.7. The zero-order chi connectivity index (χ0) is 34.8. The molecular weight excluding hydrogens is 635 g/mol. The number of nitrogens with one attached hydrogen (secondary N) is 2. The molecule has 0 saturated heterocycles. The van der Waals surface area contributed by atoms with Crippen LogP contribution in [0.3, 0.4) is 0 Å². The third-order valence-corrected chi connectivity index (χ3v) is 7.83. The molecule has 1 aliphatic rings. The van der Waals surface area contributed by atoms with E-state index in [9.17, 15) is 36.6 Å². The van der Waals surface area contributed by atoms with Crippen LogP contribution in [0.25, 0.3) is 5.57 Å². The molecule has 2 aromatic carbocycles. The maximum Gasteiger partial charge on any atom is 0.416 e. The van der Waals surface area contributed by atoms with E-state index in [1.165, 1.54) is 24.6 Å². The molecule has 48 heavy (non-hydrogen) atoms. The third-order valence-electron chi connectivity index (χ3n) is 7.83. The van der Waals surface area contributed by atoms with Crippen molar-refractivity contribution in [3.05, 3.63) is 107 Å². The van der Waals surface area contributed by atoms with Gasteiger partial charge in [0.25, 0.3) is 0 Å². The van der Waals surface area contributed by atoms with Crippen molar-refractivity contribution in [3.8, 4) is 0 Å². The van der Waals surface area contributed by atoms with Crippen molar-refractivity contribution in [1.82, 2.24) is 20.5 Å². The maximum absolute atomic E-state index is 14.1. The van der Waals surface area contributed by atoms with Gasteiger partial charge in [-0.15, -0.1) is 0 Å². The Kier molecular flexibility index (Phi) is 12.7. The highest BCUT2D eigenvalue weighted by Crippen LogP contribution is 2.31. The predicted molar refractivity (Wildman–Crippen MR) is 169 cm³/mol. The lowest BCUT2D eigenvalue weighted by molar-refractivity contribution is -0.137. The third kappa shape index (κ3) is 10.1. The number of halogens is 5. The van der Waals surface area contributed by atoms with Crippen molar-refractivity contribution in [2.75, 3.05) is 19.6 Å². The summed E-state index contributed by atoms with van der Waals surface area (Å²) in [5.74, 6) is -2.96. The van der Waals surface area contributed by atoms with Gasteiger partial charge in [0, 0.05) is 43.4 Å². The van der Waals surface area contributed by atoms with Gasteiger partial charge in [0.15, 0.2) is 0 Å². The summed E-state index contributed by atoms with van der Waals surface area (Å²) < 4.78 is 73.0. The lowest BCUT2D eigenvalue weighted by Crippen LogP contribution is -2.49. The molecule has 4 rings (SSSR count). The van der Waals surface area contributed by atoms with Crippen LogP contribution in [0.1, 0.15) is 55.7 Å². The van der Waals surface area contributed by atoms with E-state index in [0.717, 1.165) is 37.1 Å². The van der Waals surface area contributed by atoms with Crippen LogP contribution in [0.15, 0.2) is 77.1 Å². The number of amides is 2. The summed E-state index contributed by atoms with van der Waals surface area (Å²) in [6.45, 7) is 4.82. The van der Waals surface area contributed by atoms with Gasteiger partial charge in [0.05, 0.1) is 29.8 Å². The summed E-state index contributed by atoms with van der Waals surface area (Å²) >= 11 is 0. The fourth-order valence-electron chi connectivity index (χ4n) is 5.62. The van der Waals surface area contributed by atoms with Crippen LogP contribution < -0.4 is 10.6 Å². The lowest BCUT2D eigenvalue weighted by Gasteiger charge is -2.29. The average molecular weight is 675 g/mol. The minimum absolute atomic E-state index is 0.0263. The highest BCUT2D eigenvalue weighted by atomic mass is 19.4. The number of hydrogen-bond acceptors (Lipinski definition) is 6. The SMILES string of the molecule is CCCN(CCC)C(=O)C1C=C(c2ncco2)C=C(C(=O)N[C@@H](Cc2cc(F)cc(F)c2)[C@H](O)CNCc2cccc(C(F)(F)F)c2)C1. The highest BCUT2D eigenvalue weighted by molar-refractivity contribution is 5.99. The van der Waals surface area contributed by atoms with Gasteiger partial charge in [0.2, 0.25) is 17.7 Å². The van der Waals surface area contributed by atoms with Gasteiger partial charge in [-0.2, -0.15) is 13.2 Å². The van der Waals surface area contributed by atoms with E-state index >= 15 is 0 Å². The molecule has 1 heterocycles. The standard InChI is InChI=1S/C35H39F5N4O4/c1-3-9-44(10-4-2)34(47)26-17-24(16-25(18-26)33-42-8-11-48-33)32(46)43-30(15-23-13-28(36)19-29(37)14-23)31(45)21-41-20-22-6-5-7-27(12-22)35(38,39)40/h5-8,11-14,16,18-19,26,30-31,41,45H,3-4,9-10,15,17,20-21H2,1-2H3,(H,43,46)/t26?,30-,31+/m0/s1. The molecule has 0 spiro atoms. The second-order valence-corrected chi connectivity index (χ2v) is 11.7. The summed E-state index contributed by atoms with van der Waals surface area (Å²) in [6.07, 6.45) is 1.58. The van der Waals surface area contributed by atoms with Gasteiger partial charge in [-0.3, -0.25) is 9.59 Å². The molecular formula is C35H39F5N4O4. The van der Waals surface area contributed by atoms with Gasteiger partial charge in [-0.05, 0) is 61.1 Å². The topological polar surface area (TPSA) is 108 Å². The molecule has 0 saturated carbocycles. The first-order valence-corrected chi connectivity index (χ1v) is 15.8. The zero-order valence-corrected chi connectivity index (χ0v) is 26.7. The number of rotatable bonds is 15. The molecule has 13 heteroatoms. The molecule has 0 bridgehead atoms. The van der Waals surface area contributed by atoms with Crippen LogP contribution in [-0.2, 0) is 28.7 Å². The van der Waals surface area contributed by atoms with Crippen molar-refractivity contribution < 1.29 is 41.1 Å². The average Bonchev–Trinajstić information content (AvgIpc) is 3.58. The Labute approximate surface area is 275 Å². The van der Waals surface area contributed by atoms with Crippen molar-refractivity contribution in [1.29, 1.82) is 0 Å². The number of aliphatic hydroxyl groups is 1. The predicted octanol–water partition coefficient (Wildman–Crippen LogP) is 5.83. The number of alkyl halides is 3. The van der Waals surface area contributed by atoms with E-state index in [0.29, 0.717) is 30.3 Å². The van der Waals surface area contributed by atoms with Gasteiger partial charge in [-0.25, -0.2) is 13.8 Å². The van der Waals surface area contributed by atoms with Crippen LogP contribution in [0.2, 0.25) is 0 Å². The largest absolute Gasteiger partial charge is 0.445 e.